The van der Waals surface area contributed by atoms with Gasteiger partial charge < -0.3 is 42.0 Å². The Labute approximate surface area is 267 Å². The number of carbonyl (C=O) groups is 4. The fourth-order valence-electron chi connectivity index (χ4n) is 6.28. The molecule has 0 N–H and O–H groups in total. The number of ether oxygens (including phenoxy) is 7. The second-order valence-corrected chi connectivity index (χ2v) is 18.2. The lowest BCUT2D eigenvalue weighted by Crippen LogP contribution is -2.72. The molecule has 0 aromatic carbocycles. The Balaban J connectivity index is 2.15. The highest BCUT2D eigenvalue weighted by molar-refractivity contribution is 6.73. The zero-order valence-corrected chi connectivity index (χ0v) is 28.7. The smallest absolute Gasteiger partial charge is 0.349 e. The monoisotopic (exact) mass is 677 g/mol. The van der Waals surface area contributed by atoms with Crippen LogP contribution >= 0.6 is 0 Å². The average Bonchev–Trinajstić information content (AvgIpc) is 2.90. The SMILES string of the molecule is CC(=O)OC[C@H]1O[C@@H](O[C@@H]2[C@@H](N=[N+]=[N-])[C@H](F)O[C@@H]3CO[Si](C(C)(C)C)(C(C)(C)C)O[C@H]23)[C@H](OC(C)=O)[C@@H](OC(C)=O)[C@H]1OC(C)=O. The number of hydrogen-bond acceptors (Lipinski definition) is 14. The van der Waals surface area contributed by atoms with E-state index in [4.69, 9.17) is 42.0 Å². The predicted octanol–water partition coefficient (Wildman–Crippen LogP) is 3.29. The molecule has 260 valence electrons. The van der Waals surface area contributed by atoms with Crippen LogP contribution in [0.25, 0.3) is 10.4 Å². The standard InChI is InChI=1S/C28H44FN3O13Si/c1-13(33)37-11-17-20(39-14(2)34)23(40-15(3)35)24(41-16(4)36)26(43-17)44-22-19(31-32-30)25(29)42-18-12-38-46(27(5,6)7,28(8,9)10)45-21(18)22/h17-26H,11-12H2,1-10H3/t17-,18-,19-,20+,21+,22-,23+,24-,25-,26+/m1/s1. The highest BCUT2D eigenvalue weighted by Crippen LogP contribution is 2.55. The molecule has 0 saturated carbocycles. The van der Waals surface area contributed by atoms with Crippen LogP contribution in [0.4, 0.5) is 4.39 Å². The first kappa shape index (κ1) is 37.6. The third-order valence-corrected chi connectivity index (χ3v) is 12.9. The van der Waals surface area contributed by atoms with Crippen molar-refractivity contribution in [1.29, 1.82) is 0 Å². The van der Waals surface area contributed by atoms with E-state index in [0.717, 1.165) is 27.7 Å². The van der Waals surface area contributed by atoms with Crippen molar-refractivity contribution >= 4 is 32.4 Å². The number of rotatable bonds is 8. The van der Waals surface area contributed by atoms with E-state index in [1.807, 2.05) is 41.5 Å². The van der Waals surface area contributed by atoms with E-state index < -0.39 is 111 Å². The second kappa shape index (κ2) is 14.5. The maximum absolute atomic E-state index is 15.5. The first-order valence-electron chi connectivity index (χ1n) is 14.8. The molecule has 3 fully saturated rings. The first-order valence-corrected chi connectivity index (χ1v) is 16.7. The van der Waals surface area contributed by atoms with Gasteiger partial charge in [0.25, 0.3) is 0 Å². The molecule has 16 nitrogen and oxygen atoms in total. The van der Waals surface area contributed by atoms with E-state index in [2.05, 4.69) is 10.0 Å². The topological polar surface area (TPSA) is 200 Å². The quantitative estimate of drug-likeness (QED) is 0.0906. The lowest BCUT2D eigenvalue weighted by atomic mass is 9.95. The van der Waals surface area contributed by atoms with Crippen LogP contribution in [0.2, 0.25) is 10.1 Å². The van der Waals surface area contributed by atoms with Crippen LogP contribution in [0.15, 0.2) is 5.11 Å². The summed E-state index contributed by atoms with van der Waals surface area (Å²) < 4.78 is 68.3. The number of azide groups is 1. The summed E-state index contributed by atoms with van der Waals surface area (Å²) in [6.07, 6.45) is -13.3. The minimum atomic E-state index is -3.25. The summed E-state index contributed by atoms with van der Waals surface area (Å²) in [5.41, 5.74) is 9.38. The van der Waals surface area contributed by atoms with Gasteiger partial charge >= 0.3 is 32.4 Å². The van der Waals surface area contributed by atoms with Crippen molar-refractivity contribution in [2.24, 2.45) is 5.11 Å². The zero-order valence-electron chi connectivity index (χ0n) is 27.7. The molecule has 0 spiro atoms. The van der Waals surface area contributed by atoms with Crippen molar-refractivity contribution in [3.8, 4) is 0 Å². The summed E-state index contributed by atoms with van der Waals surface area (Å²) in [6.45, 7) is 15.6. The maximum Gasteiger partial charge on any atom is 0.349 e. The molecule has 18 heteroatoms. The van der Waals surface area contributed by atoms with E-state index in [-0.39, 0.29) is 6.61 Å². The maximum atomic E-state index is 15.5. The Morgan fingerprint density at radius 2 is 1.39 bits per heavy atom. The summed E-state index contributed by atoms with van der Waals surface area (Å²) in [5.74, 6) is -3.21. The summed E-state index contributed by atoms with van der Waals surface area (Å²) in [4.78, 5) is 51.2. The van der Waals surface area contributed by atoms with Gasteiger partial charge in [-0.25, -0.2) is 4.39 Å². The zero-order chi connectivity index (χ0) is 34.8. The van der Waals surface area contributed by atoms with Crippen LogP contribution in [0.1, 0.15) is 69.2 Å². The van der Waals surface area contributed by atoms with Crippen molar-refractivity contribution in [2.75, 3.05) is 13.2 Å². The van der Waals surface area contributed by atoms with Crippen LogP contribution in [0.5, 0.6) is 0 Å². The normalized spacial score (nSPS) is 34.2. The summed E-state index contributed by atoms with van der Waals surface area (Å²) in [6, 6.07) is -1.62. The summed E-state index contributed by atoms with van der Waals surface area (Å²) in [7, 11) is -3.25. The Bertz CT molecular complexity index is 1190. The predicted molar refractivity (Wildman–Crippen MR) is 156 cm³/mol. The third-order valence-electron chi connectivity index (χ3n) is 7.75. The highest BCUT2D eigenvalue weighted by atomic mass is 28.4. The molecule has 3 heterocycles. The molecule has 3 aliphatic rings. The lowest BCUT2D eigenvalue weighted by Gasteiger charge is -2.57. The van der Waals surface area contributed by atoms with E-state index in [0.29, 0.717) is 0 Å². The van der Waals surface area contributed by atoms with Crippen molar-refractivity contribution in [3.05, 3.63) is 10.4 Å². The third kappa shape index (κ3) is 8.16. The number of esters is 4. The number of hydrogen-bond donors (Lipinski definition) is 0. The van der Waals surface area contributed by atoms with Gasteiger partial charge in [0.05, 0.1) is 6.61 Å². The summed E-state index contributed by atoms with van der Waals surface area (Å²) in [5, 5.41) is 2.59. The minimum absolute atomic E-state index is 0.0622. The van der Waals surface area contributed by atoms with Gasteiger partial charge in [-0.3, -0.25) is 19.2 Å². The number of alkyl halides is 1. The number of nitrogens with zero attached hydrogens (tertiary/aromatic N) is 3. The number of halogens is 1. The molecule has 0 aromatic rings. The van der Waals surface area contributed by atoms with Gasteiger partial charge in [-0.2, -0.15) is 0 Å². The van der Waals surface area contributed by atoms with Gasteiger partial charge in [-0.05, 0) is 5.53 Å². The van der Waals surface area contributed by atoms with Gasteiger partial charge in [0.1, 0.15) is 37.1 Å². The van der Waals surface area contributed by atoms with Crippen molar-refractivity contribution in [1.82, 2.24) is 0 Å². The molecule has 0 radical (unpaired) electrons. The molecule has 0 aromatic heterocycles. The number of fused-ring (bicyclic) bond motifs is 1. The molecule has 3 aliphatic heterocycles. The molecular formula is C28H44FN3O13Si. The Morgan fingerprint density at radius 3 is 1.89 bits per heavy atom. The van der Waals surface area contributed by atoms with Crippen LogP contribution in [-0.2, 0) is 61.2 Å². The van der Waals surface area contributed by atoms with E-state index in [1.165, 1.54) is 0 Å². The Hall–Kier alpha value is -2.86. The van der Waals surface area contributed by atoms with Crippen molar-refractivity contribution in [2.45, 2.75) is 141 Å². The highest BCUT2D eigenvalue weighted by Gasteiger charge is 2.65. The lowest BCUT2D eigenvalue weighted by molar-refractivity contribution is -0.340. The molecule has 3 rings (SSSR count). The van der Waals surface area contributed by atoms with Gasteiger partial charge in [-0.1, -0.05) is 46.7 Å². The first-order chi connectivity index (χ1) is 21.2. The largest absolute Gasteiger partial charge is 0.463 e. The van der Waals surface area contributed by atoms with Crippen molar-refractivity contribution < 1.29 is 65.6 Å². The van der Waals surface area contributed by atoms with Crippen LogP contribution in [-0.4, -0.2) is 107 Å². The molecule has 0 amide bonds. The fraction of sp³-hybridized carbons (Fsp3) is 0.857. The molecule has 10 atom stereocenters. The Morgan fingerprint density at radius 1 is 0.848 bits per heavy atom. The van der Waals surface area contributed by atoms with Crippen LogP contribution in [0.3, 0.4) is 0 Å². The van der Waals surface area contributed by atoms with Gasteiger partial charge in [0.2, 0.25) is 6.36 Å². The fourth-order valence-corrected chi connectivity index (χ4v) is 11.2. The molecule has 3 saturated heterocycles. The molecule has 0 bridgehead atoms. The summed E-state index contributed by atoms with van der Waals surface area (Å²) >= 11 is 0. The van der Waals surface area contributed by atoms with E-state index >= 15 is 4.39 Å². The van der Waals surface area contributed by atoms with Gasteiger partial charge in [-0.15, -0.1) is 0 Å². The minimum Gasteiger partial charge on any atom is -0.463 e. The molecule has 46 heavy (non-hydrogen) atoms. The van der Waals surface area contributed by atoms with E-state index in [9.17, 15) is 24.7 Å². The van der Waals surface area contributed by atoms with Crippen LogP contribution in [0, 0.1) is 0 Å². The molecule has 0 aliphatic carbocycles. The Kier molecular flexibility index (Phi) is 11.8. The second-order valence-electron chi connectivity index (χ2n) is 13.4. The molecular weight excluding hydrogens is 633 g/mol. The van der Waals surface area contributed by atoms with Gasteiger partial charge in [0, 0.05) is 42.7 Å². The van der Waals surface area contributed by atoms with Crippen molar-refractivity contribution in [3.63, 3.8) is 0 Å². The van der Waals surface area contributed by atoms with Crippen LogP contribution < -0.4 is 0 Å². The molecule has 0 unspecified atom stereocenters. The number of carbonyl (C=O) groups excluding carboxylic acids is 4. The van der Waals surface area contributed by atoms with Gasteiger partial charge in [0.15, 0.2) is 24.6 Å². The average molecular weight is 678 g/mol. The van der Waals surface area contributed by atoms with E-state index in [1.54, 1.807) is 0 Å².